The third-order valence-electron chi connectivity index (χ3n) is 3.70. The number of nitrogens with two attached hydrogens (primary N) is 1. The number of aromatic nitrogens is 1. The first-order valence-electron chi connectivity index (χ1n) is 6.69. The normalized spacial score (nSPS) is 17.5. The van der Waals surface area contributed by atoms with Gasteiger partial charge in [0.2, 0.25) is 0 Å². The summed E-state index contributed by atoms with van der Waals surface area (Å²) in [6, 6.07) is 1.58. The maximum Gasteiger partial charge on any atom is 0.341 e. The van der Waals surface area contributed by atoms with Crippen molar-refractivity contribution in [1.29, 1.82) is 0 Å². The summed E-state index contributed by atoms with van der Waals surface area (Å²) in [5.74, 6) is 0.0724. The van der Waals surface area contributed by atoms with Gasteiger partial charge in [0.1, 0.15) is 11.4 Å². The molecule has 1 aliphatic rings. The summed E-state index contributed by atoms with van der Waals surface area (Å²) in [5, 5.41) is 3.24. The van der Waals surface area contributed by atoms with Gasteiger partial charge in [0.25, 0.3) is 0 Å². The molecule has 20 heavy (non-hydrogen) atoms. The van der Waals surface area contributed by atoms with Crippen molar-refractivity contribution < 1.29 is 14.3 Å². The number of rotatable bonds is 4. The minimum Gasteiger partial charge on any atom is -0.465 e. The number of methoxy groups -OCH3 is 1. The fourth-order valence-electron chi connectivity index (χ4n) is 2.23. The average molecular weight is 279 g/mol. The van der Waals surface area contributed by atoms with Gasteiger partial charge in [-0.25, -0.2) is 9.78 Å². The summed E-state index contributed by atoms with van der Waals surface area (Å²) in [4.78, 5) is 15.9. The Hall–Kier alpha value is -1.82. The van der Waals surface area contributed by atoms with Crippen LogP contribution in [0.25, 0.3) is 0 Å². The topological polar surface area (TPSA) is 86.5 Å². The van der Waals surface area contributed by atoms with Gasteiger partial charge in [-0.1, -0.05) is 6.92 Å². The zero-order valence-electron chi connectivity index (χ0n) is 11.9. The lowest BCUT2D eigenvalue weighted by Crippen LogP contribution is -2.33. The highest BCUT2D eigenvalue weighted by Gasteiger charge is 2.27. The Morgan fingerprint density at radius 3 is 2.90 bits per heavy atom. The number of anilines is 2. The van der Waals surface area contributed by atoms with E-state index in [-0.39, 0.29) is 5.41 Å². The van der Waals surface area contributed by atoms with E-state index >= 15 is 0 Å². The highest BCUT2D eigenvalue weighted by molar-refractivity contribution is 5.95. The van der Waals surface area contributed by atoms with Crippen molar-refractivity contribution in [2.45, 2.75) is 19.8 Å². The number of nitrogen functional groups attached to an aromatic ring is 1. The van der Waals surface area contributed by atoms with Crippen LogP contribution < -0.4 is 11.1 Å². The third kappa shape index (κ3) is 3.39. The van der Waals surface area contributed by atoms with Crippen molar-refractivity contribution in [3.8, 4) is 0 Å². The summed E-state index contributed by atoms with van der Waals surface area (Å²) in [6.45, 7) is 4.49. The molecule has 0 saturated carbocycles. The number of nitrogens with one attached hydrogen (secondary N) is 1. The number of hydrogen-bond acceptors (Lipinski definition) is 6. The highest BCUT2D eigenvalue weighted by Crippen LogP contribution is 2.30. The lowest BCUT2D eigenvalue weighted by atomic mass is 9.82. The number of carbonyl (C=O) groups excluding carboxylic acids is 1. The molecular weight excluding hydrogens is 258 g/mol. The molecule has 0 aromatic carbocycles. The van der Waals surface area contributed by atoms with Crippen LogP contribution in [0.4, 0.5) is 11.5 Å². The van der Waals surface area contributed by atoms with Gasteiger partial charge in [0.15, 0.2) is 0 Å². The summed E-state index contributed by atoms with van der Waals surface area (Å²) in [7, 11) is 1.34. The zero-order chi connectivity index (χ0) is 14.6. The Kier molecular flexibility index (Phi) is 4.44. The molecule has 110 valence electrons. The second kappa shape index (κ2) is 6.09. The molecule has 0 unspecified atom stereocenters. The van der Waals surface area contributed by atoms with E-state index in [4.69, 9.17) is 15.2 Å². The van der Waals surface area contributed by atoms with Gasteiger partial charge in [-0.05, 0) is 24.3 Å². The molecular formula is C14H21N3O3. The van der Waals surface area contributed by atoms with Crippen LogP contribution in [-0.2, 0) is 9.47 Å². The maximum atomic E-state index is 11.7. The minimum absolute atomic E-state index is 0.148. The molecule has 0 atom stereocenters. The smallest absolute Gasteiger partial charge is 0.341 e. The van der Waals surface area contributed by atoms with E-state index in [1.807, 2.05) is 0 Å². The van der Waals surface area contributed by atoms with Crippen LogP contribution in [0.15, 0.2) is 12.3 Å². The second-order valence-corrected chi connectivity index (χ2v) is 5.43. The van der Waals surface area contributed by atoms with Crippen molar-refractivity contribution in [2.75, 3.05) is 37.9 Å². The van der Waals surface area contributed by atoms with E-state index < -0.39 is 5.97 Å². The summed E-state index contributed by atoms with van der Waals surface area (Å²) in [6.07, 6.45) is 3.51. The highest BCUT2D eigenvalue weighted by atomic mass is 16.5. The fourth-order valence-corrected chi connectivity index (χ4v) is 2.23. The van der Waals surface area contributed by atoms with E-state index in [0.29, 0.717) is 17.1 Å². The number of nitrogens with zero attached hydrogens (tertiary/aromatic N) is 1. The van der Waals surface area contributed by atoms with Crippen molar-refractivity contribution in [3.05, 3.63) is 17.8 Å². The SMILES string of the molecule is COC(=O)c1cc(N)cnc1NCC1(C)CCOCC1. The van der Waals surface area contributed by atoms with Crippen molar-refractivity contribution in [3.63, 3.8) is 0 Å². The van der Waals surface area contributed by atoms with E-state index in [1.54, 1.807) is 6.07 Å². The molecule has 1 aliphatic heterocycles. The van der Waals surface area contributed by atoms with Crippen molar-refractivity contribution in [2.24, 2.45) is 5.41 Å². The van der Waals surface area contributed by atoms with Crippen LogP contribution in [0.1, 0.15) is 30.1 Å². The number of pyridine rings is 1. The van der Waals surface area contributed by atoms with Crippen LogP contribution in [0.3, 0.4) is 0 Å². The summed E-state index contributed by atoms with van der Waals surface area (Å²) < 4.78 is 10.1. The fraction of sp³-hybridized carbons (Fsp3) is 0.571. The molecule has 0 radical (unpaired) electrons. The average Bonchev–Trinajstić information content (AvgIpc) is 2.46. The molecule has 6 heteroatoms. The zero-order valence-corrected chi connectivity index (χ0v) is 11.9. The lowest BCUT2D eigenvalue weighted by molar-refractivity contribution is 0.0299. The van der Waals surface area contributed by atoms with Crippen LogP contribution >= 0.6 is 0 Å². The maximum absolute atomic E-state index is 11.7. The Bertz CT molecular complexity index is 485. The number of carbonyl (C=O) groups is 1. The second-order valence-electron chi connectivity index (χ2n) is 5.43. The van der Waals surface area contributed by atoms with E-state index in [0.717, 1.165) is 32.6 Å². The largest absolute Gasteiger partial charge is 0.465 e. The van der Waals surface area contributed by atoms with Gasteiger partial charge >= 0.3 is 5.97 Å². The molecule has 0 spiro atoms. The van der Waals surface area contributed by atoms with Crippen LogP contribution in [-0.4, -0.2) is 37.8 Å². The van der Waals surface area contributed by atoms with Gasteiger partial charge in [0, 0.05) is 19.8 Å². The Labute approximate surface area is 118 Å². The van der Waals surface area contributed by atoms with Gasteiger partial charge in [-0.2, -0.15) is 0 Å². The monoisotopic (exact) mass is 279 g/mol. The molecule has 0 bridgehead atoms. The molecule has 1 aromatic heterocycles. The quantitative estimate of drug-likeness (QED) is 0.815. The molecule has 1 saturated heterocycles. The molecule has 0 amide bonds. The minimum atomic E-state index is -0.440. The van der Waals surface area contributed by atoms with Gasteiger partial charge in [-0.15, -0.1) is 0 Å². The van der Waals surface area contributed by atoms with E-state index in [9.17, 15) is 4.79 Å². The van der Waals surface area contributed by atoms with Crippen molar-refractivity contribution in [1.82, 2.24) is 4.98 Å². The van der Waals surface area contributed by atoms with Crippen LogP contribution in [0.5, 0.6) is 0 Å². The van der Waals surface area contributed by atoms with E-state index in [2.05, 4.69) is 17.2 Å². The van der Waals surface area contributed by atoms with Gasteiger partial charge < -0.3 is 20.5 Å². The van der Waals surface area contributed by atoms with Crippen molar-refractivity contribution >= 4 is 17.5 Å². The first-order valence-corrected chi connectivity index (χ1v) is 6.69. The molecule has 0 aliphatic carbocycles. The molecule has 2 rings (SSSR count). The Balaban J connectivity index is 2.10. The van der Waals surface area contributed by atoms with Crippen LogP contribution in [0, 0.1) is 5.41 Å². The molecule has 2 heterocycles. The number of ether oxygens (including phenoxy) is 2. The molecule has 1 aromatic rings. The predicted octanol–water partition coefficient (Wildman–Crippen LogP) is 1.68. The number of hydrogen-bond donors (Lipinski definition) is 2. The summed E-state index contributed by atoms with van der Waals surface area (Å²) in [5.41, 5.74) is 6.62. The van der Waals surface area contributed by atoms with Gasteiger partial charge in [0.05, 0.1) is 19.0 Å². The molecule has 1 fully saturated rings. The first kappa shape index (κ1) is 14.6. The number of esters is 1. The third-order valence-corrected chi connectivity index (χ3v) is 3.70. The Morgan fingerprint density at radius 1 is 1.55 bits per heavy atom. The lowest BCUT2D eigenvalue weighted by Gasteiger charge is -2.33. The van der Waals surface area contributed by atoms with E-state index in [1.165, 1.54) is 13.3 Å². The molecule has 3 N–H and O–H groups in total. The Morgan fingerprint density at radius 2 is 2.25 bits per heavy atom. The summed E-state index contributed by atoms with van der Waals surface area (Å²) >= 11 is 0. The van der Waals surface area contributed by atoms with Crippen LogP contribution in [0.2, 0.25) is 0 Å². The first-order chi connectivity index (χ1) is 9.54. The predicted molar refractivity (Wildman–Crippen MR) is 76.6 cm³/mol. The van der Waals surface area contributed by atoms with Gasteiger partial charge in [-0.3, -0.25) is 0 Å². The molecule has 6 nitrogen and oxygen atoms in total. The standard InChI is InChI=1S/C14H21N3O3/c1-14(3-5-20-6-4-14)9-17-12-11(13(18)19-2)7-10(15)8-16-12/h7-8H,3-6,9,15H2,1-2H3,(H,16,17).